The molecule has 1 aliphatic carbocycles. The van der Waals surface area contributed by atoms with Gasteiger partial charge in [0.1, 0.15) is 0 Å². The number of likely N-dealkylation sites (tertiary alicyclic amines) is 2. The summed E-state index contributed by atoms with van der Waals surface area (Å²) in [5.41, 5.74) is 1.08. The van der Waals surface area contributed by atoms with Crippen molar-refractivity contribution in [1.82, 2.24) is 19.4 Å². The first-order valence-electron chi connectivity index (χ1n) is 9.75. The number of carbonyl (C=O) groups excluding carboxylic acids is 1. The summed E-state index contributed by atoms with van der Waals surface area (Å²) in [4.78, 5) is 32.9. The highest BCUT2D eigenvalue weighted by atomic mass is 16.2. The molecule has 0 bridgehead atoms. The molecule has 0 radical (unpaired) electrons. The van der Waals surface area contributed by atoms with Gasteiger partial charge in [0.05, 0.1) is 12.0 Å². The Morgan fingerprint density at radius 1 is 1.04 bits per heavy atom. The van der Waals surface area contributed by atoms with E-state index in [2.05, 4.69) is 9.88 Å². The lowest BCUT2D eigenvalue weighted by molar-refractivity contribution is -0.127. The molecule has 6 heteroatoms. The lowest BCUT2D eigenvalue weighted by atomic mass is 9.96. The maximum atomic E-state index is 12.3. The Morgan fingerprint density at radius 3 is 2.48 bits per heavy atom. The zero-order chi connectivity index (χ0) is 17.2. The molecular weight excluding hydrogens is 316 g/mol. The third-order valence-electron chi connectivity index (χ3n) is 5.92. The van der Waals surface area contributed by atoms with Crippen LogP contribution in [0.25, 0.3) is 0 Å². The van der Waals surface area contributed by atoms with Crippen LogP contribution in [0.15, 0.2) is 17.2 Å². The maximum absolute atomic E-state index is 12.3. The number of aromatic nitrogens is 2. The standard InChI is InChI=1S/C19H28N4O2/c24-18-2-1-7-22(18)11-10-21-8-5-15(6-9-21)13-23-14-20-17(12-19(23)25)16-3-4-16/h12,14-16H,1-11,13H2. The van der Waals surface area contributed by atoms with Crippen molar-refractivity contribution in [2.24, 2.45) is 5.92 Å². The van der Waals surface area contributed by atoms with Crippen molar-refractivity contribution in [3.8, 4) is 0 Å². The number of carbonyl (C=O) groups is 1. The average Bonchev–Trinajstić information content (AvgIpc) is 3.39. The van der Waals surface area contributed by atoms with Gasteiger partial charge in [-0.05, 0) is 51.1 Å². The van der Waals surface area contributed by atoms with Crippen molar-refractivity contribution < 1.29 is 4.79 Å². The minimum Gasteiger partial charge on any atom is -0.341 e. The molecule has 2 saturated heterocycles. The molecule has 0 aromatic carbocycles. The highest BCUT2D eigenvalue weighted by molar-refractivity contribution is 5.78. The number of hydrogen-bond acceptors (Lipinski definition) is 4. The second kappa shape index (κ2) is 7.28. The fourth-order valence-electron chi connectivity index (χ4n) is 4.05. The third-order valence-corrected chi connectivity index (χ3v) is 5.92. The summed E-state index contributed by atoms with van der Waals surface area (Å²) in [6.07, 6.45) is 8.08. The maximum Gasteiger partial charge on any atom is 0.253 e. The quantitative estimate of drug-likeness (QED) is 0.784. The molecule has 136 valence electrons. The zero-order valence-corrected chi connectivity index (χ0v) is 14.9. The molecule has 3 fully saturated rings. The van der Waals surface area contributed by atoms with Crippen molar-refractivity contribution >= 4 is 5.91 Å². The van der Waals surface area contributed by atoms with E-state index < -0.39 is 0 Å². The van der Waals surface area contributed by atoms with Gasteiger partial charge in [0, 0.05) is 44.6 Å². The van der Waals surface area contributed by atoms with E-state index in [1.165, 1.54) is 12.8 Å². The molecule has 1 aromatic heterocycles. The van der Waals surface area contributed by atoms with Gasteiger partial charge in [-0.1, -0.05) is 0 Å². The highest BCUT2D eigenvalue weighted by Crippen LogP contribution is 2.38. The summed E-state index contributed by atoms with van der Waals surface area (Å²) in [5.74, 6) is 1.40. The van der Waals surface area contributed by atoms with Gasteiger partial charge in [-0.3, -0.25) is 14.2 Å². The van der Waals surface area contributed by atoms with Crippen LogP contribution in [0.2, 0.25) is 0 Å². The van der Waals surface area contributed by atoms with Crippen LogP contribution >= 0.6 is 0 Å². The molecule has 0 atom stereocenters. The van der Waals surface area contributed by atoms with E-state index in [1.807, 2.05) is 4.90 Å². The van der Waals surface area contributed by atoms with E-state index in [1.54, 1.807) is 17.0 Å². The van der Waals surface area contributed by atoms with Gasteiger partial charge in [-0.2, -0.15) is 0 Å². The van der Waals surface area contributed by atoms with Crippen LogP contribution in [-0.2, 0) is 11.3 Å². The summed E-state index contributed by atoms with van der Waals surface area (Å²) in [6.45, 7) is 5.70. The SMILES string of the molecule is O=C1CCCN1CCN1CCC(Cn2cnc(C3CC3)cc2=O)CC1. The Bertz CT molecular complexity index is 674. The lowest BCUT2D eigenvalue weighted by Crippen LogP contribution is -2.41. The van der Waals surface area contributed by atoms with E-state index in [-0.39, 0.29) is 5.56 Å². The minimum atomic E-state index is 0.104. The predicted molar refractivity (Wildman–Crippen MR) is 95.5 cm³/mol. The number of hydrogen-bond donors (Lipinski definition) is 0. The van der Waals surface area contributed by atoms with Gasteiger partial charge in [0.25, 0.3) is 5.56 Å². The highest BCUT2D eigenvalue weighted by Gasteiger charge is 2.26. The molecule has 0 N–H and O–H groups in total. The topological polar surface area (TPSA) is 58.4 Å². The number of piperidine rings is 1. The van der Waals surface area contributed by atoms with Gasteiger partial charge in [0.2, 0.25) is 5.91 Å². The Labute approximate surface area is 148 Å². The molecule has 2 aliphatic heterocycles. The van der Waals surface area contributed by atoms with E-state index in [0.29, 0.717) is 17.7 Å². The fraction of sp³-hybridized carbons (Fsp3) is 0.737. The van der Waals surface area contributed by atoms with E-state index in [4.69, 9.17) is 0 Å². The van der Waals surface area contributed by atoms with Gasteiger partial charge in [0.15, 0.2) is 0 Å². The predicted octanol–water partition coefficient (Wildman–Crippen LogP) is 1.46. The Balaban J connectivity index is 1.23. The van der Waals surface area contributed by atoms with Gasteiger partial charge >= 0.3 is 0 Å². The van der Waals surface area contributed by atoms with Crippen molar-refractivity contribution in [2.75, 3.05) is 32.7 Å². The van der Waals surface area contributed by atoms with E-state index >= 15 is 0 Å². The fourth-order valence-corrected chi connectivity index (χ4v) is 4.05. The molecular formula is C19H28N4O2. The lowest BCUT2D eigenvalue weighted by Gasteiger charge is -2.33. The van der Waals surface area contributed by atoms with E-state index in [0.717, 1.165) is 70.6 Å². The minimum absolute atomic E-state index is 0.104. The van der Waals surface area contributed by atoms with Crippen molar-refractivity contribution in [2.45, 2.75) is 51.0 Å². The Hall–Kier alpha value is -1.69. The van der Waals surface area contributed by atoms with Gasteiger partial charge in [-0.25, -0.2) is 4.98 Å². The van der Waals surface area contributed by atoms with Crippen molar-refractivity contribution in [1.29, 1.82) is 0 Å². The number of amides is 1. The smallest absolute Gasteiger partial charge is 0.253 e. The third kappa shape index (κ3) is 4.11. The van der Waals surface area contributed by atoms with Crippen LogP contribution in [0, 0.1) is 5.92 Å². The number of rotatable bonds is 6. The molecule has 3 heterocycles. The van der Waals surface area contributed by atoms with Crippen LogP contribution in [-0.4, -0.2) is 58.0 Å². The molecule has 1 amide bonds. The van der Waals surface area contributed by atoms with Crippen LogP contribution < -0.4 is 5.56 Å². The summed E-state index contributed by atoms with van der Waals surface area (Å²) in [5, 5.41) is 0. The Kier molecular flexibility index (Phi) is 4.88. The van der Waals surface area contributed by atoms with Crippen LogP contribution in [0.1, 0.15) is 50.1 Å². The van der Waals surface area contributed by atoms with E-state index in [9.17, 15) is 9.59 Å². The normalized spacial score (nSPS) is 22.7. The van der Waals surface area contributed by atoms with Crippen molar-refractivity contribution in [3.63, 3.8) is 0 Å². The average molecular weight is 344 g/mol. The molecule has 25 heavy (non-hydrogen) atoms. The zero-order valence-electron chi connectivity index (χ0n) is 14.9. The van der Waals surface area contributed by atoms with Gasteiger partial charge < -0.3 is 9.80 Å². The summed E-state index contributed by atoms with van der Waals surface area (Å²) < 4.78 is 1.79. The summed E-state index contributed by atoms with van der Waals surface area (Å²) in [7, 11) is 0. The first-order valence-corrected chi connectivity index (χ1v) is 9.75. The molecule has 1 saturated carbocycles. The van der Waals surface area contributed by atoms with Crippen LogP contribution in [0.5, 0.6) is 0 Å². The monoisotopic (exact) mass is 344 g/mol. The summed E-state index contributed by atoms with van der Waals surface area (Å²) in [6, 6.07) is 1.74. The Morgan fingerprint density at radius 2 is 1.84 bits per heavy atom. The molecule has 6 nitrogen and oxygen atoms in total. The number of nitrogens with zero attached hydrogens (tertiary/aromatic N) is 4. The first kappa shape index (κ1) is 16.8. The molecule has 3 aliphatic rings. The van der Waals surface area contributed by atoms with Gasteiger partial charge in [-0.15, -0.1) is 0 Å². The van der Waals surface area contributed by atoms with Crippen molar-refractivity contribution in [3.05, 3.63) is 28.4 Å². The molecule has 1 aromatic rings. The van der Waals surface area contributed by atoms with Crippen LogP contribution in [0.3, 0.4) is 0 Å². The second-order valence-electron chi connectivity index (χ2n) is 7.85. The molecule has 0 unspecified atom stereocenters. The molecule has 0 spiro atoms. The largest absolute Gasteiger partial charge is 0.341 e. The first-order chi connectivity index (χ1) is 12.2. The summed E-state index contributed by atoms with van der Waals surface area (Å²) >= 11 is 0. The second-order valence-corrected chi connectivity index (χ2v) is 7.85. The molecule has 4 rings (SSSR count). The van der Waals surface area contributed by atoms with Crippen LogP contribution in [0.4, 0.5) is 0 Å².